The summed E-state index contributed by atoms with van der Waals surface area (Å²) >= 11 is 5.95. The molecule has 0 fully saturated rings. The van der Waals surface area contributed by atoms with E-state index in [1.165, 1.54) is 0 Å². The molecule has 0 radical (unpaired) electrons. The van der Waals surface area contributed by atoms with Crippen molar-refractivity contribution in [2.45, 2.75) is 19.9 Å². The first-order valence-electron chi connectivity index (χ1n) is 3.99. The average Bonchev–Trinajstić information content (AvgIpc) is 2.05. The SMILES string of the molecule is CC(C)N=C(Cl)c1ccccc1. The van der Waals surface area contributed by atoms with Crippen molar-refractivity contribution in [2.75, 3.05) is 0 Å². The molecule has 0 unspecified atom stereocenters. The molecule has 0 N–H and O–H groups in total. The fourth-order valence-corrected chi connectivity index (χ4v) is 1.20. The largest absolute Gasteiger partial charge is 0.270 e. The zero-order valence-corrected chi connectivity index (χ0v) is 8.05. The summed E-state index contributed by atoms with van der Waals surface area (Å²) in [6.07, 6.45) is 0. The van der Waals surface area contributed by atoms with Crippen molar-refractivity contribution in [3.63, 3.8) is 0 Å². The molecular formula is C10H12ClN. The quantitative estimate of drug-likeness (QED) is 0.622. The highest BCUT2D eigenvalue weighted by molar-refractivity contribution is 6.69. The topological polar surface area (TPSA) is 12.4 Å². The minimum absolute atomic E-state index is 0.248. The zero-order valence-electron chi connectivity index (χ0n) is 7.29. The van der Waals surface area contributed by atoms with Gasteiger partial charge in [-0.15, -0.1) is 0 Å². The van der Waals surface area contributed by atoms with E-state index in [9.17, 15) is 0 Å². The Hall–Kier alpha value is -0.820. The van der Waals surface area contributed by atoms with Crippen molar-refractivity contribution < 1.29 is 0 Å². The molecule has 1 aromatic carbocycles. The molecule has 0 saturated heterocycles. The standard InChI is InChI=1S/C10H12ClN/c1-8(2)12-10(11)9-6-4-3-5-7-9/h3-8H,1-2H3. The Morgan fingerprint density at radius 2 is 1.83 bits per heavy atom. The number of hydrogen-bond donors (Lipinski definition) is 0. The van der Waals surface area contributed by atoms with E-state index in [2.05, 4.69) is 4.99 Å². The molecule has 1 rings (SSSR count). The lowest BCUT2D eigenvalue weighted by Crippen LogP contribution is -1.96. The smallest absolute Gasteiger partial charge is 0.131 e. The van der Waals surface area contributed by atoms with Crippen LogP contribution < -0.4 is 0 Å². The lowest BCUT2D eigenvalue weighted by atomic mass is 10.2. The van der Waals surface area contributed by atoms with E-state index in [0.29, 0.717) is 5.17 Å². The van der Waals surface area contributed by atoms with Gasteiger partial charge in [-0.1, -0.05) is 41.9 Å². The van der Waals surface area contributed by atoms with Gasteiger partial charge in [0.25, 0.3) is 0 Å². The average molecular weight is 182 g/mol. The molecule has 0 aliphatic rings. The van der Waals surface area contributed by atoms with Crippen LogP contribution in [0.15, 0.2) is 35.3 Å². The van der Waals surface area contributed by atoms with Crippen LogP contribution in [0.3, 0.4) is 0 Å². The van der Waals surface area contributed by atoms with E-state index in [1.54, 1.807) is 0 Å². The Balaban J connectivity index is 2.85. The van der Waals surface area contributed by atoms with Crippen LogP contribution in [0.4, 0.5) is 0 Å². The van der Waals surface area contributed by atoms with E-state index in [0.717, 1.165) is 5.56 Å². The first-order valence-corrected chi connectivity index (χ1v) is 4.36. The van der Waals surface area contributed by atoms with Gasteiger partial charge in [-0.05, 0) is 13.8 Å². The summed E-state index contributed by atoms with van der Waals surface area (Å²) in [6, 6.07) is 10.0. The van der Waals surface area contributed by atoms with E-state index in [1.807, 2.05) is 44.2 Å². The van der Waals surface area contributed by atoms with Crippen molar-refractivity contribution in [3.05, 3.63) is 35.9 Å². The first kappa shape index (κ1) is 9.27. The van der Waals surface area contributed by atoms with Gasteiger partial charge in [0.15, 0.2) is 0 Å². The number of halogens is 1. The lowest BCUT2D eigenvalue weighted by Gasteiger charge is -2.00. The van der Waals surface area contributed by atoms with Gasteiger partial charge in [0.05, 0.1) is 0 Å². The molecule has 2 heteroatoms. The van der Waals surface area contributed by atoms with E-state index < -0.39 is 0 Å². The minimum atomic E-state index is 0.248. The maximum Gasteiger partial charge on any atom is 0.131 e. The second kappa shape index (κ2) is 4.27. The second-order valence-electron chi connectivity index (χ2n) is 2.88. The Labute approximate surface area is 78.1 Å². The second-order valence-corrected chi connectivity index (χ2v) is 3.24. The van der Waals surface area contributed by atoms with Crippen molar-refractivity contribution in [1.29, 1.82) is 0 Å². The van der Waals surface area contributed by atoms with E-state index in [-0.39, 0.29) is 6.04 Å². The van der Waals surface area contributed by atoms with Crippen LogP contribution in [0.2, 0.25) is 0 Å². The predicted octanol–water partition coefficient (Wildman–Crippen LogP) is 3.08. The van der Waals surface area contributed by atoms with Crippen LogP contribution in [0.5, 0.6) is 0 Å². The molecule has 0 atom stereocenters. The van der Waals surface area contributed by atoms with Gasteiger partial charge in [-0.3, -0.25) is 4.99 Å². The van der Waals surface area contributed by atoms with E-state index >= 15 is 0 Å². The zero-order chi connectivity index (χ0) is 8.97. The predicted molar refractivity (Wildman–Crippen MR) is 54.0 cm³/mol. The molecule has 64 valence electrons. The van der Waals surface area contributed by atoms with Crippen LogP contribution in [0, 0.1) is 0 Å². The highest BCUT2D eigenvalue weighted by Gasteiger charge is 1.98. The summed E-state index contributed by atoms with van der Waals surface area (Å²) in [7, 11) is 0. The molecule has 0 saturated carbocycles. The Morgan fingerprint density at radius 1 is 1.25 bits per heavy atom. The fourth-order valence-electron chi connectivity index (χ4n) is 0.877. The molecule has 1 nitrogen and oxygen atoms in total. The first-order chi connectivity index (χ1) is 5.70. The summed E-state index contributed by atoms with van der Waals surface area (Å²) in [5.41, 5.74) is 0.980. The summed E-state index contributed by atoms with van der Waals surface area (Å²) < 4.78 is 0. The van der Waals surface area contributed by atoms with Crippen molar-refractivity contribution in [1.82, 2.24) is 0 Å². The molecule has 0 heterocycles. The van der Waals surface area contributed by atoms with Gasteiger partial charge in [0.1, 0.15) is 5.17 Å². The number of hydrogen-bond acceptors (Lipinski definition) is 1. The molecule has 0 bridgehead atoms. The van der Waals surface area contributed by atoms with Gasteiger partial charge >= 0.3 is 0 Å². The molecule has 1 aromatic rings. The maximum atomic E-state index is 5.95. The third kappa shape index (κ3) is 2.67. The van der Waals surface area contributed by atoms with Crippen LogP contribution in [-0.4, -0.2) is 11.2 Å². The Morgan fingerprint density at radius 3 is 2.33 bits per heavy atom. The molecule has 0 aliphatic carbocycles. The van der Waals surface area contributed by atoms with Gasteiger partial charge in [-0.25, -0.2) is 0 Å². The third-order valence-electron chi connectivity index (χ3n) is 1.38. The van der Waals surface area contributed by atoms with Crippen LogP contribution in [0.25, 0.3) is 0 Å². The number of benzene rings is 1. The van der Waals surface area contributed by atoms with E-state index in [4.69, 9.17) is 11.6 Å². The molecule has 0 aromatic heterocycles. The molecule has 0 amide bonds. The third-order valence-corrected chi connectivity index (χ3v) is 1.70. The van der Waals surface area contributed by atoms with Gasteiger partial charge in [0.2, 0.25) is 0 Å². The van der Waals surface area contributed by atoms with Crippen molar-refractivity contribution >= 4 is 16.8 Å². The molecular weight excluding hydrogens is 170 g/mol. The summed E-state index contributed by atoms with van der Waals surface area (Å²) in [6.45, 7) is 4.01. The molecule has 12 heavy (non-hydrogen) atoms. The van der Waals surface area contributed by atoms with Crippen molar-refractivity contribution in [3.8, 4) is 0 Å². The summed E-state index contributed by atoms with van der Waals surface area (Å²) in [5, 5.41) is 0.589. The summed E-state index contributed by atoms with van der Waals surface area (Å²) in [5.74, 6) is 0. The summed E-state index contributed by atoms with van der Waals surface area (Å²) in [4.78, 5) is 4.23. The minimum Gasteiger partial charge on any atom is -0.270 e. The van der Waals surface area contributed by atoms with Crippen LogP contribution in [-0.2, 0) is 0 Å². The highest BCUT2D eigenvalue weighted by Crippen LogP contribution is 2.05. The monoisotopic (exact) mass is 181 g/mol. The maximum absolute atomic E-state index is 5.95. The van der Waals surface area contributed by atoms with Crippen LogP contribution in [0.1, 0.15) is 19.4 Å². The normalized spacial score (nSPS) is 12.2. The fraction of sp³-hybridized carbons (Fsp3) is 0.300. The molecule has 0 spiro atoms. The van der Waals surface area contributed by atoms with Gasteiger partial charge < -0.3 is 0 Å². The van der Waals surface area contributed by atoms with Crippen LogP contribution >= 0.6 is 11.6 Å². The van der Waals surface area contributed by atoms with Gasteiger partial charge in [-0.2, -0.15) is 0 Å². The Bertz CT molecular complexity index is 264. The number of rotatable bonds is 2. The number of aliphatic imine (C=N–C) groups is 1. The Kier molecular flexibility index (Phi) is 3.30. The lowest BCUT2D eigenvalue weighted by molar-refractivity contribution is 0.839. The number of nitrogens with zero attached hydrogens (tertiary/aromatic N) is 1. The van der Waals surface area contributed by atoms with Gasteiger partial charge in [0, 0.05) is 11.6 Å². The van der Waals surface area contributed by atoms with Crippen molar-refractivity contribution in [2.24, 2.45) is 4.99 Å². The highest BCUT2D eigenvalue weighted by atomic mass is 35.5. The molecule has 0 aliphatic heterocycles.